The van der Waals surface area contributed by atoms with Crippen LogP contribution in [-0.2, 0) is 6.42 Å². The van der Waals surface area contributed by atoms with Gasteiger partial charge in [0.05, 0.1) is 14.7 Å². The van der Waals surface area contributed by atoms with Crippen molar-refractivity contribution in [1.82, 2.24) is 5.32 Å². The van der Waals surface area contributed by atoms with Crippen LogP contribution in [0.15, 0.2) is 30.3 Å². The minimum atomic E-state index is 0.109. The van der Waals surface area contributed by atoms with Gasteiger partial charge in [0.15, 0.2) is 0 Å². The molecule has 0 saturated heterocycles. The Bertz CT molecular complexity index is 580. The van der Waals surface area contributed by atoms with E-state index in [-0.39, 0.29) is 6.04 Å². The second kappa shape index (κ2) is 8.19. The van der Waals surface area contributed by atoms with E-state index in [9.17, 15) is 0 Å². The van der Waals surface area contributed by atoms with Crippen molar-refractivity contribution < 1.29 is 0 Å². The molecule has 2 aromatic rings. The van der Waals surface area contributed by atoms with Gasteiger partial charge in [-0.1, -0.05) is 67.7 Å². The molecule has 1 nitrogen and oxygen atoms in total. The molecular formula is C17H21Cl2NS. The van der Waals surface area contributed by atoms with Gasteiger partial charge in [0.25, 0.3) is 0 Å². The first-order valence-corrected chi connectivity index (χ1v) is 8.99. The van der Waals surface area contributed by atoms with Gasteiger partial charge in [-0.3, -0.25) is 0 Å². The summed E-state index contributed by atoms with van der Waals surface area (Å²) in [6.07, 6.45) is 3.34. The van der Waals surface area contributed by atoms with Crippen LogP contribution in [0.3, 0.4) is 0 Å². The summed E-state index contributed by atoms with van der Waals surface area (Å²) in [6, 6.07) is 10.8. The summed E-state index contributed by atoms with van der Waals surface area (Å²) >= 11 is 13.9. The fourth-order valence-electron chi connectivity index (χ4n) is 2.46. The molecule has 1 unspecified atom stereocenters. The number of rotatable bonds is 7. The summed E-state index contributed by atoms with van der Waals surface area (Å²) in [5, 5.41) is 3.59. The van der Waals surface area contributed by atoms with Gasteiger partial charge >= 0.3 is 0 Å². The molecule has 1 aromatic heterocycles. The van der Waals surface area contributed by atoms with Gasteiger partial charge in [0, 0.05) is 5.56 Å². The molecule has 0 aliphatic carbocycles. The zero-order valence-corrected chi connectivity index (χ0v) is 14.8. The second-order valence-electron chi connectivity index (χ2n) is 5.16. The Morgan fingerprint density at radius 3 is 2.57 bits per heavy atom. The number of thiophene rings is 1. The largest absolute Gasteiger partial charge is 0.306 e. The van der Waals surface area contributed by atoms with Crippen LogP contribution in [0.4, 0.5) is 0 Å². The monoisotopic (exact) mass is 341 g/mol. The van der Waals surface area contributed by atoms with Crippen molar-refractivity contribution in [3.05, 3.63) is 55.7 Å². The number of aryl methyl sites for hydroxylation is 1. The van der Waals surface area contributed by atoms with Gasteiger partial charge in [0.2, 0.25) is 0 Å². The number of hydrogen-bond donors (Lipinski definition) is 1. The van der Waals surface area contributed by atoms with Crippen LogP contribution in [0.25, 0.3) is 0 Å². The van der Waals surface area contributed by atoms with Crippen LogP contribution in [0.5, 0.6) is 0 Å². The minimum Gasteiger partial charge on any atom is -0.306 e. The van der Waals surface area contributed by atoms with Gasteiger partial charge in [-0.25, -0.2) is 0 Å². The van der Waals surface area contributed by atoms with E-state index in [4.69, 9.17) is 23.2 Å². The molecule has 0 aliphatic rings. The summed E-state index contributed by atoms with van der Waals surface area (Å²) in [6.45, 7) is 5.32. The quantitative estimate of drug-likeness (QED) is 0.641. The maximum Gasteiger partial charge on any atom is 0.0995 e. The van der Waals surface area contributed by atoms with E-state index in [0.29, 0.717) is 0 Å². The van der Waals surface area contributed by atoms with E-state index in [1.54, 1.807) is 0 Å². The Kier molecular flexibility index (Phi) is 6.56. The maximum absolute atomic E-state index is 6.36. The van der Waals surface area contributed by atoms with Crippen LogP contribution in [0.1, 0.15) is 49.4 Å². The Labute approximate surface area is 141 Å². The Morgan fingerprint density at radius 2 is 1.95 bits per heavy atom. The molecule has 2 rings (SSSR count). The van der Waals surface area contributed by atoms with Gasteiger partial charge in [-0.2, -0.15) is 0 Å². The SMILES string of the molecule is CCCNC(c1cccc(CCC)c1)c1cc(Cl)sc1Cl. The molecule has 0 spiro atoms. The van der Waals surface area contributed by atoms with E-state index >= 15 is 0 Å². The number of nitrogens with one attached hydrogen (secondary N) is 1. The Hall–Kier alpha value is -0.540. The van der Waals surface area contributed by atoms with E-state index < -0.39 is 0 Å². The summed E-state index contributed by atoms with van der Waals surface area (Å²) in [4.78, 5) is 0. The first-order valence-electron chi connectivity index (χ1n) is 7.42. The smallest absolute Gasteiger partial charge is 0.0995 e. The van der Waals surface area contributed by atoms with Gasteiger partial charge in [-0.15, -0.1) is 11.3 Å². The van der Waals surface area contributed by atoms with Crippen molar-refractivity contribution in [1.29, 1.82) is 0 Å². The third kappa shape index (κ3) is 4.46. The molecule has 21 heavy (non-hydrogen) atoms. The van der Waals surface area contributed by atoms with Gasteiger partial charge in [-0.05, 0) is 36.6 Å². The molecular weight excluding hydrogens is 321 g/mol. The number of hydrogen-bond acceptors (Lipinski definition) is 2. The van der Waals surface area contributed by atoms with Gasteiger partial charge < -0.3 is 5.32 Å². The van der Waals surface area contributed by atoms with Crippen molar-refractivity contribution in [3.8, 4) is 0 Å². The zero-order valence-electron chi connectivity index (χ0n) is 12.5. The summed E-state index contributed by atoms with van der Waals surface area (Å²) in [7, 11) is 0. The molecule has 0 bridgehead atoms. The zero-order chi connectivity index (χ0) is 15.2. The highest BCUT2D eigenvalue weighted by atomic mass is 35.5. The van der Waals surface area contributed by atoms with Gasteiger partial charge in [0.1, 0.15) is 0 Å². The highest BCUT2D eigenvalue weighted by molar-refractivity contribution is 7.20. The average molecular weight is 342 g/mol. The van der Waals surface area contributed by atoms with Crippen LogP contribution < -0.4 is 5.32 Å². The van der Waals surface area contributed by atoms with E-state index in [0.717, 1.165) is 40.0 Å². The molecule has 0 amide bonds. The Balaban J connectivity index is 2.35. The van der Waals surface area contributed by atoms with Crippen molar-refractivity contribution in [2.45, 2.75) is 39.2 Å². The van der Waals surface area contributed by atoms with Crippen LogP contribution in [-0.4, -0.2) is 6.54 Å². The van der Waals surface area contributed by atoms with Crippen LogP contribution in [0.2, 0.25) is 8.67 Å². The molecule has 1 heterocycles. The van der Waals surface area contributed by atoms with Crippen molar-refractivity contribution in [2.24, 2.45) is 0 Å². The van der Waals surface area contributed by atoms with Crippen molar-refractivity contribution in [3.63, 3.8) is 0 Å². The normalized spacial score (nSPS) is 12.6. The molecule has 0 saturated carbocycles. The third-order valence-electron chi connectivity index (χ3n) is 3.42. The standard InChI is InChI=1S/C17H21Cl2NS/c1-3-6-12-7-5-8-13(10-12)16(20-9-4-2)14-11-15(18)21-17(14)19/h5,7-8,10-11,16,20H,3-4,6,9H2,1-2H3. The molecule has 1 aromatic carbocycles. The topological polar surface area (TPSA) is 12.0 Å². The fraction of sp³-hybridized carbons (Fsp3) is 0.412. The summed E-state index contributed by atoms with van der Waals surface area (Å²) in [5.41, 5.74) is 3.70. The van der Waals surface area contributed by atoms with Crippen LogP contribution in [0, 0.1) is 0 Å². The molecule has 0 fully saturated rings. The predicted molar refractivity (Wildman–Crippen MR) is 94.9 cm³/mol. The predicted octanol–water partition coefficient (Wildman–Crippen LogP) is 6.10. The van der Waals surface area contributed by atoms with E-state index in [2.05, 4.69) is 43.4 Å². The summed E-state index contributed by atoms with van der Waals surface area (Å²) in [5.74, 6) is 0. The summed E-state index contributed by atoms with van der Waals surface area (Å²) < 4.78 is 1.51. The molecule has 1 N–H and O–H groups in total. The highest BCUT2D eigenvalue weighted by Gasteiger charge is 2.19. The fourth-order valence-corrected chi connectivity index (χ4v) is 3.99. The molecule has 0 aliphatic heterocycles. The molecule has 4 heteroatoms. The minimum absolute atomic E-state index is 0.109. The Morgan fingerprint density at radius 1 is 1.14 bits per heavy atom. The highest BCUT2D eigenvalue weighted by Crippen LogP contribution is 2.37. The third-order valence-corrected chi connectivity index (χ3v) is 4.93. The van der Waals surface area contributed by atoms with Crippen molar-refractivity contribution >= 4 is 34.5 Å². The molecule has 1 atom stereocenters. The van der Waals surface area contributed by atoms with E-state index in [1.165, 1.54) is 22.5 Å². The first kappa shape index (κ1) is 16.8. The average Bonchev–Trinajstić information content (AvgIpc) is 2.79. The lowest BCUT2D eigenvalue weighted by atomic mass is 9.97. The number of benzene rings is 1. The maximum atomic E-state index is 6.36. The molecule has 0 radical (unpaired) electrons. The van der Waals surface area contributed by atoms with E-state index in [1.807, 2.05) is 6.07 Å². The molecule has 114 valence electrons. The van der Waals surface area contributed by atoms with Crippen molar-refractivity contribution in [2.75, 3.05) is 6.54 Å². The lowest BCUT2D eigenvalue weighted by molar-refractivity contribution is 0.599. The lowest BCUT2D eigenvalue weighted by Gasteiger charge is -2.19. The van der Waals surface area contributed by atoms with Crippen LogP contribution >= 0.6 is 34.5 Å². The lowest BCUT2D eigenvalue weighted by Crippen LogP contribution is -2.23. The second-order valence-corrected chi connectivity index (χ2v) is 7.45. The first-order chi connectivity index (χ1) is 10.2. The number of halogens is 2.